The van der Waals surface area contributed by atoms with Crippen LogP contribution >= 0.6 is 0 Å². The minimum atomic E-state index is 0.166. The molecule has 2 rings (SSSR count). The molecule has 1 aliphatic heterocycles. The first-order valence-corrected chi connectivity index (χ1v) is 7.79. The molecule has 0 aromatic carbocycles. The van der Waals surface area contributed by atoms with Crippen molar-refractivity contribution in [2.75, 3.05) is 19.6 Å². The second-order valence-electron chi connectivity index (χ2n) is 6.08. The summed E-state index contributed by atoms with van der Waals surface area (Å²) in [6.07, 6.45) is 4.38. The van der Waals surface area contributed by atoms with Crippen molar-refractivity contribution in [3.8, 4) is 0 Å². The van der Waals surface area contributed by atoms with Gasteiger partial charge in [-0.2, -0.15) is 0 Å². The van der Waals surface area contributed by atoms with Gasteiger partial charge in [-0.1, -0.05) is 13.8 Å². The van der Waals surface area contributed by atoms with Crippen molar-refractivity contribution in [3.63, 3.8) is 0 Å². The number of rotatable bonds is 6. The maximum atomic E-state index is 12.8. The molecule has 1 amide bonds. The number of nitrogens with one attached hydrogen (secondary N) is 1. The minimum absolute atomic E-state index is 0.166. The first-order valence-electron chi connectivity index (χ1n) is 7.79. The van der Waals surface area contributed by atoms with E-state index in [1.54, 1.807) is 0 Å². The Bertz CT molecular complexity index is 433. The summed E-state index contributed by atoms with van der Waals surface area (Å²) in [6.45, 7) is 9.98. The quantitative estimate of drug-likeness (QED) is 0.866. The summed E-state index contributed by atoms with van der Waals surface area (Å²) in [5, 5.41) is 3.49. The second-order valence-corrected chi connectivity index (χ2v) is 6.08. The molecular weight excluding hydrogens is 250 g/mol. The Kier molecular flexibility index (Phi) is 5.24. The summed E-state index contributed by atoms with van der Waals surface area (Å²) < 4.78 is 2.03. The van der Waals surface area contributed by atoms with Crippen LogP contribution in [-0.2, 0) is 6.54 Å². The minimum Gasteiger partial charge on any atom is -0.344 e. The van der Waals surface area contributed by atoms with Crippen LogP contribution in [0, 0.1) is 5.92 Å². The highest BCUT2D eigenvalue weighted by Gasteiger charge is 2.24. The molecule has 4 nitrogen and oxygen atoms in total. The van der Waals surface area contributed by atoms with Gasteiger partial charge >= 0.3 is 0 Å². The van der Waals surface area contributed by atoms with Crippen molar-refractivity contribution in [3.05, 3.63) is 24.0 Å². The summed E-state index contributed by atoms with van der Waals surface area (Å²) in [4.78, 5) is 14.8. The molecule has 1 aliphatic rings. The van der Waals surface area contributed by atoms with Crippen LogP contribution in [0.3, 0.4) is 0 Å². The van der Waals surface area contributed by atoms with E-state index in [0.717, 1.165) is 31.9 Å². The zero-order chi connectivity index (χ0) is 14.5. The first-order chi connectivity index (χ1) is 9.61. The molecule has 1 aromatic heterocycles. The van der Waals surface area contributed by atoms with Crippen LogP contribution in [0.1, 0.15) is 44.1 Å². The van der Waals surface area contributed by atoms with Crippen LogP contribution in [0.2, 0.25) is 0 Å². The molecule has 0 spiro atoms. The molecule has 0 saturated carbocycles. The van der Waals surface area contributed by atoms with Gasteiger partial charge in [0.2, 0.25) is 0 Å². The normalized spacial score (nSPS) is 18.7. The summed E-state index contributed by atoms with van der Waals surface area (Å²) in [5.74, 6) is 0.657. The van der Waals surface area contributed by atoms with Gasteiger partial charge in [-0.25, -0.2) is 0 Å². The molecule has 112 valence electrons. The van der Waals surface area contributed by atoms with E-state index in [9.17, 15) is 4.79 Å². The fraction of sp³-hybridized carbons (Fsp3) is 0.688. The van der Waals surface area contributed by atoms with Crippen molar-refractivity contribution >= 4 is 5.91 Å². The molecule has 4 heteroatoms. The van der Waals surface area contributed by atoms with Gasteiger partial charge in [0.05, 0.1) is 0 Å². The Morgan fingerprint density at radius 1 is 1.55 bits per heavy atom. The molecule has 1 fully saturated rings. The van der Waals surface area contributed by atoms with E-state index in [-0.39, 0.29) is 5.91 Å². The standard InChI is InChI=1S/C16H27N3O/c1-4-18-10-6-8-15(18)16(20)19(11-13(2)3)12-14-7-5-9-17-14/h6,8,10,13-14,17H,4-5,7,9,11-12H2,1-3H3. The summed E-state index contributed by atoms with van der Waals surface area (Å²) in [5.41, 5.74) is 0.811. The van der Waals surface area contributed by atoms with Gasteiger partial charge in [-0.3, -0.25) is 4.79 Å². The number of aryl methyl sites for hydroxylation is 1. The lowest BCUT2D eigenvalue weighted by molar-refractivity contribution is 0.0710. The van der Waals surface area contributed by atoms with Crippen molar-refractivity contribution < 1.29 is 4.79 Å². The van der Waals surface area contributed by atoms with E-state index in [4.69, 9.17) is 0 Å². The molecular formula is C16H27N3O. The summed E-state index contributed by atoms with van der Waals surface area (Å²) >= 11 is 0. The third-order valence-electron chi connectivity index (χ3n) is 3.87. The van der Waals surface area contributed by atoms with Gasteiger partial charge in [0.1, 0.15) is 5.69 Å². The molecule has 2 heterocycles. The highest BCUT2D eigenvalue weighted by atomic mass is 16.2. The average Bonchev–Trinajstić information content (AvgIpc) is 3.07. The Morgan fingerprint density at radius 2 is 2.35 bits per heavy atom. The number of amides is 1. The summed E-state index contributed by atoms with van der Waals surface area (Å²) in [7, 11) is 0. The fourth-order valence-electron chi connectivity index (χ4n) is 2.91. The molecule has 1 N–H and O–H groups in total. The molecule has 1 aromatic rings. The average molecular weight is 277 g/mol. The third kappa shape index (κ3) is 3.63. The van der Waals surface area contributed by atoms with Gasteiger partial charge in [0.25, 0.3) is 5.91 Å². The lowest BCUT2D eigenvalue weighted by Crippen LogP contribution is -2.43. The highest BCUT2D eigenvalue weighted by molar-refractivity contribution is 5.92. The fourth-order valence-corrected chi connectivity index (χ4v) is 2.91. The van der Waals surface area contributed by atoms with E-state index in [0.29, 0.717) is 12.0 Å². The van der Waals surface area contributed by atoms with E-state index in [2.05, 4.69) is 26.1 Å². The lowest BCUT2D eigenvalue weighted by Gasteiger charge is -2.28. The molecule has 0 radical (unpaired) electrons. The van der Waals surface area contributed by atoms with Crippen molar-refractivity contribution in [1.29, 1.82) is 0 Å². The second kappa shape index (κ2) is 6.93. The predicted octanol–water partition coefficient (Wildman–Crippen LogP) is 2.36. The third-order valence-corrected chi connectivity index (χ3v) is 3.87. The van der Waals surface area contributed by atoms with Crippen LogP contribution in [-0.4, -0.2) is 41.1 Å². The van der Waals surface area contributed by atoms with Crippen LogP contribution in [0.4, 0.5) is 0 Å². The molecule has 1 saturated heterocycles. The molecule has 20 heavy (non-hydrogen) atoms. The Balaban J connectivity index is 2.10. The lowest BCUT2D eigenvalue weighted by atomic mass is 10.1. The van der Waals surface area contributed by atoms with E-state index in [1.165, 1.54) is 12.8 Å². The van der Waals surface area contributed by atoms with E-state index in [1.807, 2.05) is 27.8 Å². The van der Waals surface area contributed by atoms with Crippen molar-refractivity contribution in [1.82, 2.24) is 14.8 Å². The van der Waals surface area contributed by atoms with Gasteiger partial charge in [0, 0.05) is 31.9 Å². The monoisotopic (exact) mass is 277 g/mol. The zero-order valence-corrected chi connectivity index (χ0v) is 12.9. The number of carbonyl (C=O) groups is 1. The van der Waals surface area contributed by atoms with Gasteiger partial charge in [0.15, 0.2) is 0 Å². The van der Waals surface area contributed by atoms with Crippen molar-refractivity contribution in [2.45, 2.75) is 46.2 Å². The number of hydrogen-bond donors (Lipinski definition) is 1. The van der Waals surface area contributed by atoms with Crippen molar-refractivity contribution in [2.24, 2.45) is 5.92 Å². The van der Waals surface area contributed by atoms with Gasteiger partial charge in [-0.15, -0.1) is 0 Å². The number of carbonyl (C=O) groups excluding carboxylic acids is 1. The SMILES string of the molecule is CCn1cccc1C(=O)N(CC(C)C)CC1CCCN1. The zero-order valence-electron chi connectivity index (χ0n) is 12.9. The molecule has 0 aliphatic carbocycles. The highest BCUT2D eigenvalue weighted by Crippen LogP contribution is 2.13. The maximum absolute atomic E-state index is 12.8. The Labute approximate surface area is 122 Å². The number of aromatic nitrogens is 1. The molecule has 0 bridgehead atoms. The van der Waals surface area contributed by atoms with Gasteiger partial charge < -0.3 is 14.8 Å². The first kappa shape index (κ1) is 15.1. The van der Waals surface area contributed by atoms with Gasteiger partial charge in [-0.05, 0) is 44.4 Å². The Morgan fingerprint density at radius 3 is 2.95 bits per heavy atom. The molecule has 1 atom stereocenters. The van der Waals surface area contributed by atoms with Crippen LogP contribution in [0.15, 0.2) is 18.3 Å². The van der Waals surface area contributed by atoms with E-state index >= 15 is 0 Å². The van der Waals surface area contributed by atoms with Crippen LogP contribution in [0.25, 0.3) is 0 Å². The predicted molar refractivity (Wildman–Crippen MR) is 81.9 cm³/mol. The van der Waals surface area contributed by atoms with Crippen LogP contribution in [0.5, 0.6) is 0 Å². The number of nitrogens with zero attached hydrogens (tertiary/aromatic N) is 2. The largest absolute Gasteiger partial charge is 0.344 e. The Hall–Kier alpha value is -1.29. The number of hydrogen-bond acceptors (Lipinski definition) is 2. The smallest absolute Gasteiger partial charge is 0.270 e. The molecule has 1 unspecified atom stereocenters. The summed E-state index contributed by atoms with van der Waals surface area (Å²) in [6, 6.07) is 4.35. The van der Waals surface area contributed by atoms with Crippen LogP contribution < -0.4 is 5.32 Å². The maximum Gasteiger partial charge on any atom is 0.270 e. The topological polar surface area (TPSA) is 37.3 Å². The van der Waals surface area contributed by atoms with E-state index < -0.39 is 0 Å².